The zero-order valence-electron chi connectivity index (χ0n) is 17.3. The fourth-order valence-electron chi connectivity index (χ4n) is 3.00. The predicted octanol–water partition coefficient (Wildman–Crippen LogP) is 4.31. The van der Waals surface area contributed by atoms with Gasteiger partial charge in [-0.3, -0.25) is 15.2 Å². The number of hydrogen-bond acceptors (Lipinski definition) is 7. The van der Waals surface area contributed by atoms with E-state index in [0.29, 0.717) is 34.9 Å². The van der Waals surface area contributed by atoms with Crippen LogP contribution in [0.5, 0.6) is 11.5 Å². The van der Waals surface area contributed by atoms with Gasteiger partial charge in [-0.05, 0) is 44.1 Å². The Morgan fingerprint density at radius 1 is 1.19 bits per heavy atom. The SMILES string of the molecule is CCOc1cc(/C=N\n2c(CCc3ccccc3)n[nH]c2=S)cc([N+](=O)[O-])c1OCC. The van der Waals surface area contributed by atoms with Crippen molar-refractivity contribution in [3.63, 3.8) is 0 Å². The number of aromatic amines is 1. The number of aryl methyl sites for hydroxylation is 2. The molecule has 9 nitrogen and oxygen atoms in total. The van der Waals surface area contributed by atoms with E-state index in [-0.39, 0.29) is 18.0 Å². The number of aromatic nitrogens is 3. The molecular formula is C21H23N5O4S. The monoisotopic (exact) mass is 441 g/mol. The third-order valence-corrected chi connectivity index (χ3v) is 4.63. The van der Waals surface area contributed by atoms with Gasteiger partial charge in [-0.2, -0.15) is 14.9 Å². The van der Waals surface area contributed by atoms with Gasteiger partial charge in [-0.15, -0.1) is 0 Å². The Kier molecular flexibility index (Phi) is 7.50. The lowest BCUT2D eigenvalue weighted by Gasteiger charge is -2.11. The molecule has 162 valence electrons. The van der Waals surface area contributed by atoms with E-state index in [9.17, 15) is 10.1 Å². The Hall–Kier alpha value is -3.53. The Balaban J connectivity index is 1.90. The highest BCUT2D eigenvalue weighted by Crippen LogP contribution is 2.38. The number of nitrogens with one attached hydrogen (secondary N) is 1. The van der Waals surface area contributed by atoms with Crippen molar-refractivity contribution in [1.29, 1.82) is 0 Å². The summed E-state index contributed by atoms with van der Waals surface area (Å²) < 4.78 is 12.9. The third-order valence-electron chi connectivity index (χ3n) is 4.36. The van der Waals surface area contributed by atoms with Gasteiger partial charge in [0.1, 0.15) is 0 Å². The van der Waals surface area contributed by atoms with Gasteiger partial charge < -0.3 is 9.47 Å². The van der Waals surface area contributed by atoms with Gasteiger partial charge in [-0.25, -0.2) is 0 Å². The molecule has 10 heteroatoms. The van der Waals surface area contributed by atoms with Crippen molar-refractivity contribution in [2.24, 2.45) is 5.10 Å². The summed E-state index contributed by atoms with van der Waals surface area (Å²) in [6, 6.07) is 13.1. The van der Waals surface area contributed by atoms with Gasteiger partial charge in [0.2, 0.25) is 10.5 Å². The van der Waals surface area contributed by atoms with E-state index in [0.717, 1.165) is 6.42 Å². The van der Waals surface area contributed by atoms with Gasteiger partial charge in [-0.1, -0.05) is 30.3 Å². The van der Waals surface area contributed by atoms with Crippen molar-refractivity contribution in [2.75, 3.05) is 13.2 Å². The smallest absolute Gasteiger partial charge is 0.315 e. The molecule has 3 rings (SSSR count). The highest BCUT2D eigenvalue weighted by atomic mass is 32.1. The van der Waals surface area contributed by atoms with E-state index in [4.69, 9.17) is 21.7 Å². The van der Waals surface area contributed by atoms with Gasteiger partial charge >= 0.3 is 5.69 Å². The third kappa shape index (κ3) is 5.54. The maximum absolute atomic E-state index is 11.6. The standard InChI is InChI=1S/C21H23N5O4S/c1-3-29-18-13-16(12-17(26(27)28)20(18)30-4-2)14-22-25-19(23-24-21(25)31)11-10-15-8-6-5-7-9-15/h5-9,12-14H,3-4,10-11H2,1-2H3,(H,24,31)/b22-14-. The van der Waals surface area contributed by atoms with Crippen LogP contribution in [0, 0.1) is 14.9 Å². The molecule has 1 heterocycles. The molecule has 3 aromatic rings. The second kappa shape index (κ2) is 10.5. The van der Waals surface area contributed by atoms with E-state index in [1.54, 1.807) is 19.9 Å². The topological polar surface area (TPSA) is 108 Å². The Morgan fingerprint density at radius 2 is 1.94 bits per heavy atom. The van der Waals surface area contributed by atoms with Crippen LogP contribution in [0.1, 0.15) is 30.8 Å². The largest absolute Gasteiger partial charge is 0.490 e. The summed E-state index contributed by atoms with van der Waals surface area (Å²) in [6.45, 7) is 4.18. The summed E-state index contributed by atoms with van der Waals surface area (Å²) in [4.78, 5) is 11.1. The molecule has 0 spiro atoms. The molecule has 0 fully saturated rings. The molecule has 0 aliphatic rings. The van der Waals surface area contributed by atoms with Crippen LogP contribution in [0.15, 0.2) is 47.6 Å². The quantitative estimate of drug-likeness (QED) is 0.217. The first-order valence-electron chi connectivity index (χ1n) is 9.86. The van der Waals surface area contributed by atoms with Crippen LogP contribution < -0.4 is 9.47 Å². The molecule has 0 bridgehead atoms. The molecule has 1 aromatic heterocycles. The molecule has 0 aliphatic heterocycles. The zero-order valence-corrected chi connectivity index (χ0v) is 18.1. The number of nitro groups is 1. The molecule has 0 unspecified atom stereocenters. The Bertz CT molecular complexity index is 1120. The summed E-state index contributed by atoms with van der Waals surface area (Å²) in [7, 11) is 0. The van der Waals surface area contributed by atoms with E-state index < -0.39 is 4.92 Å². The fourth-order valence-corrected chi connectivity index (χ4v) is 3.20. The van der Waals surface area contributed by atoms with Gasteiger partial charge in [0.05, 0.1) is 24.4 Å². The molecule has 0 amide bonds. The van der Waals surface area contributed by atoms with Crippen LogP contribution in [0.25, 0.3) is 0 Å². The first-order chi connectivity index (χ1) is 15.0. The molecular weight excluding hydrogens is 418 g/mol. The van der Waals surface area contributed by atoms with Crippen molar-refractivity contribution < 1.29 is 14.4 Å². The predicted molar refractivity (Wildman–Crippen MR) is 120 cm³/mol. The average molecular weight is 442 g/mol. The van der Waals surface area contributed by atoms with E-state index >= 15 is 0 Å². The van der Waals surface area contributed by atoms with Crippen molar-refractivity contribution >= 4 is 24.1 Å². The molecule has 0 aliphatic carbocycles. The normalized spacial score (nSPS) is 11.0. The minimum absolute atomic E-state index is 0.106. The second-order valence-corrected chi connectivity index (χ2v) is 6.86. The summed E-state index contributed by atoms with van der Waals surface area (Å²) in [5.41, 5.74) is 1.47. The van der Waals surface area contributed by atoms with Crippen LogP contribution in [-0.4, -0.2) is 39.2 Å². The van der Waals surface area contributed by atoms with Gasteiger partial charge in [0.25, 0.3) is 0 Å². The van der Waals surface area contributed by atoms with Crippen LogP contribution in [0.4, 0.5) is 5.69 Å². The molecule has 0 saturated carbocycles. The summed E-state index contributed by atoms with van der Waals surface area (Å²) in [5.74, 6) is 1.06. The van der Waals surface area contributed by atoms with Crippen molar-refractivity contribution in [2.45, 2.75) is 26.7 Å². The highest BCUT2D eigenvalue weighted by Gasteiger charge is 2.22. The van der Waals surface area contributed by atoms with Crippen molar-refractivity contribution in [1.82, 2.24) is 14.9 Å². The van der Waals surface area contributed by atoms with Gasteiger partial charge in [0.15, 0.2) is 11.6 Å². The number of benzene rings is 2. The summed E-state index contributed by atoms with van der Waals surface area (Å²) in [5, 5.41) is 23.0. The van der Waals surface area contributed by atoms with Gasteiger partial charge in [0, 0.05) is 18.1 Å². The van der Waals surface area contributed by atoms with E-state index in [2.05, 4.69) is 15.3 Å². The lowest BCUT2D eigenvalue weighted by Crippen LogP contribution is -2.04. The number of hydrogen-bond donors (Lipinski definition) is 1. The average Bonchev–Trinajstić information content (AvgIpc) is 3.12. The number of rotatable bonds is 10. The molecule has 0 radical (unpaired) electrons. The van der Waals surface area contributed by atoms with Crippen LogP contribution >= 0.6 is 12.2 Å². The van der Waals surface area contributed by atoms with Crippen molar-refractivity contribution in [3.8, 4) is 11.5 Å². The van der Waals surface area contributed by atoms with Crippen LogP contribution in [-0.2, 0) is 12.8 Å². The number of nitro benzene ring substituents is 1. The lowest BCUT2D eigenvalue weighted by atomic mass is 10.1. The van der Waals surface area contributed by atoms with E-state index in [1.165, 1.54) is 22.5 Å². The van der Waals surface area contributed by atoms with Crippen LogP contribution in [0.2, 0.25) is 0 Å². The molecule has 2 aromatic carbocycles. The number of H-pyrrole nitrogens is 1. The Morgan fingerprint density at radius 3 is 2.61 bits per heavy atom. The van der Waals surface area contributed by atoms with Crippen LogP contribution in [0.3, 0.4) is 0 Å². The zero-order chi connectivity index (χ0) is 22.2. The minimum atomic E-state index is -0.500. The molecule has 1 N–H and O–H groups in total. The Labute approximate surface area is 184 Å². The molecule has 0 saturated heterocycles. The first-order valence-corrected chi connectivity index (χ1v) is 10.3. The minimum Gasteiger partial charge on any atom is -0.490 e. The lowest BCUT2D eigenvalue weighted by molar-refractivity contribution is -0.385. The maximum atomic E-state index is 11.6. The fraction of sp³-hybridized carbons (Fsp3) is 0.286. The molecule has 31 heavy (non-hydrogen) atoms. The number of nitrogens with zero attached hydrogens (tertiary/aromatic N) is 4. The second-order valence-electron chi connectivity index (χ2n) is 6.48. The van der Waals surface area contributed by atoms with Crippen molar-refractivity contribution in [3.05, 3.63) is 74.3 Å². The summed E-state index contributed by atoms with van der Waals surface area (Å²) in [6.07, 6.45) is 2.89. The maximum Gasteiger partial charge on any atom is 0.315 e. The first kappa shape index (κ1) is 22.2. The highest BCUT2D eigenvalue weighted by molar-refractivity contribution is 7.71. The molecule has 0 atom stereocenters. The van der Waals surface area contributed by atoms with E-state index in [1.807, 2.05) is 30.3 Å². The summed E-state index contributed by atoms with van der Waals surface area (Å²) >= 11 is 5.29. The number of ether oxygens (including phenoxy) is 2.